The van der Waals surface area contributed by atoms with Gasteiger partial charge in [-0.15, -0.1) is 12.6 Å². The van der Waals surface area contributed by atoms with Gasteiger partial charge < -0.3 is 11.3 Å². The van der Waals surface area contributed by atoms with Crippen molar-refractivity contribution < 1.29 is 9.90 Å². The first-order valence-electron chi connectivity index (χ1n) is 15.4. The van der Waals surface area contributed by atoms with Crippen molar-refractivity contribution >= 4 is 25.9 Å². The van der Waals surface area contributed by atoms with Crippen molar-refractivity contribution in [1.29, 1.82) is 0 Å². The average Bonchev–Trinajstić information content (AvgIpc) is 2.86. The Kier molecular flexibility index (Phi) is 28.2. The van der Waals surface area contributed by atoms with Crippen molar-refractivity contribution in [1.82, 2.24) is 6.15 Å². The molecule has 0 amide bonds. The maximum Gasteiger partial charge on any atom is 0.336 e. The van der Waals surface area contributed by atoms with E-state index in [0.717, 1.165) is 0 Å². The van der Waals surface area contributed by atoms with Crippen LogP contribution >= 0.6 is 19.9 Å². The van der Waals surface area contributed by atoms with Crippen LogP contribution in [-0.2, 0) is 0 Å². The van der Waals surface area contributed by atoms with Crippen molar-refractivity contribution in [3.05, 3.63) is 29.8 Å². The Morgan fingerprint density at radius 3 is 1.27 bits per heavy atom. The SMILES string of the molecule is CCCCCCCC[PH](C)(CCCCCCCC)CCCCCCCC.N.O=C(O)c1ccccc1S. The minimum atomic E-state index is -0.955. The molecule has 0 atom stereocenters. The zero-order valence-electron chi connectivity index (χ0n) is 25.2. The summed E-state index contributed by atoms with van der Waals surface area (Å²) >= 11 is 3.96. The third-order valence-electron chi connectivity index (χ3n) is 7.54. The summed E-state index contributed by atoms with van der Waals surface area (Å²) < 4.78 is 0. The molecule has 0 aromatic heterocycles. The number of benzene rings is 1. The quantitative estimate of drug-likeness (QED) is 0.0754. The molecule has 0 aliphatic rings. The van der Waals surface area contributed by atoms with E-state index in [2.05, 4.69) is 40.1 Å². The summed E-state index contributed by atoms with van der Waals surface area (Å²) in [7, 11) is -0.955. The van der Waals surface area contributed by atoms with Crippen molar-refractivity contribution in [2.45, 2.75) is 141 Å². The first-order chi connectivity index (χ1) is 17.4. The fourth-order valence-corrected chi connectivity index (χ4v) is 9.34. The van der Waals surface area contributed by atoms with Gasteiger partial charge in [-0.3, -0.25) is 0 Å². The van der Waals surface area contributed by atoms with Crippen LogP contribution in [0.25, 0.3) is 0 Å². The third-order valence-corrected chi connectivity index (χ3v) is 12.6. The van der Waals surface area contributed by atoms with Gasteiger partial charge in [0.15, 0.2) is 0 Å². The van der Waals surface area contributed by atoms with Gasteiger partial charge in [0.25, 0.3) is 0 Å². The third kappa shape index (κ3) is 23.1. The number of unbranched alkanes of at least 4 members (excludes halogenated alkanes) is 15. The Balaban J connectivity index is 0. The molecule has 0 aliphatic heterocycles. The second-order valence-corrected chi connectivity index (χ2v) is 16.8. The van der Waals surface area contributed by atoms with Gasteiger partial charge in [0.1, 0.15) is 0 Å². The minimum Gasteiger partial charge on any atom is -0.478 e. The summed E-state index contributed by atoms with van der Waals surface area (Å²) in [5.74, 6) is -0.939. The molecule has 3 nitrogen and oxygen atoms in total. The Hall–Kier alpha value is -0.570. The van der Waals surface area contributed by atoms with Crippen LogP contribution < -0.4 is 6.15 Å². The first-order valence-corrected chi connectivity index (χ1v) is 19.0. The zero-order valence-corrected chi connectivity index (χ0v) is 27.1. The molecule has 0 heterocycles. The molecule has 1 aromatic rings. The van der Waals surface area contributed by atoms with Gasteiger partial charge in [-0.05, 0) is 12.1 Å². The molecule has 37 heavy (non-hydrogen) atoms. The fourth-order valence-electron chi connectivity index (χ4n) is 5.03. The molecule has 0 aliphatic carbocycles. The standard InChI is InChI=1S/C25H55P.C7H6O2S.H3N/c1-5-8-11-14-17-20-23-26(4,24-21-18-15-12-9-6-2)25-22-19-16-13-10-7-3;8-7(9)5-3-1-2-4-6(5)10;/h26H,5-25H2,1-4H3;1-4,10H,(H,8,9);1H3. The Morgan fingerprint density at radius 2 is 0.973 bits per heavy atom. The second kappa shape index (κ2) is 27.0. The molecular formula is C32H64NO2PS. The molecule has 0 spiro atoms. The number of carboxylic acids is 1. The van der Waals surface area contributed by atoms with Gasteiger partial charge >= 0.3 is 175 Å². The molecule has 0 radical (unpaired) electrons. The van der Waals surface area contributed by atoms with Crippen LogP contribution in [-0.4, -0.2) is 36.2 Å². The van der Waals surface area contributed by atoms with Gasteiger partial charge in [0, 0.05) is 4.90 Å². The van der Waals surface area contributed by atoms with Crippen LogP contribution in [0.15, 0.2) is 29.2 Å². The monoisotopic (exact) mass is 557 g/mol. The van der Waals surface area contributed by atoms with E-state index in [1.165, 1.54) is 122 Å². The van der Waals surface area contributed by atoms with Crippen LogP contribution in [0.3, 0.4) is 0 Å². The van der Waals surface area contributed by atoms with Crippen LogP contribution in [0.5, 0.6) is 0 Å². The van der Waals surface area contributed by atoms with Crippen molar-refractivity contribution in [2.24, 2.45) is 0 Å². The van der Waals surface area contributed by atoms with E-state index in [1.807, 2.05) is 0 Å². The predicted octanol–water partition coefficient (Wildman–Crippen LogP) is 11.3. The number of carboxylic acid groups (broad SMARTS) is 1. The summed E-state index contributed by atoms with van der Waals surface area (Å²) in [4.78, 5) is 10.9. The van der Waals surface area contributed by atoms with E-state index in [9.17, 15) is 4.79 Å². The van der Waals surface area contributed by atoms with E-state index in [-0.39, 0.29) is 11.7 Å². The van der Waals surface area contributed by atoms with Gasteiger partial charge in [-0.1, -0.05) is 12.1 Å². The Labute approximate surface area is 237 Å². The summed E-state index contributed by atoms with van der Waals surface area (Å²) in [6.45, 7) is 9.73. The summed E-state index contributed by atoms with van der Waals surface area (Å²) in [6, 6.07) is 6.58. The van der Waals surface area contributed by atoms with Gasteiger partial charge in [-0.2, -0.15) is 0 Å². The number of thiol groups is 1. The predicted molar refractivity (Wildman–Crippen MR) is 175 cm³/mol. The minimum absolute atomic E-state index is 0. The molecular weight excluding hydrogens is 493 g/mol. The number of aromatic carboxylic acids is 1. The maximum atomic E-state index is 10.4. The van der Waals surface area contributed by atoms with Crippen molar-refractivity contribution in [3.63, 3.8) is 0 Å². The van der Waals surface area contributed by atoms with Crippen molar-refractivity contribution in [3.8, 4) is 0 Å². The van der Waals surface area contributed by atoms with Crippen molar-refractivity contribution in [2.75, 3.05) is 25.2 Å². The molecule has 4 N–H and O–H groups in total. The van der Waals surface area contributed by atoms with E-state index >= 15 is 0 Å². The second-order valence-electron chi connectivity index (χ2n) is 11.2. The van der Waals surface area contributed by atoms with Crippen LogP contribution in [0.2, 0.25) is 0 Å². The largest absolute Gasteiger partial charge is 0.478 e. The van der Waals surface area contributed by atoms with Crippen LogP contribution in [0.4, 0.5) is 0 Å². The maximum absolute atomic E-state index is 10.4. The van der Waals surface area contributed by atoms with E-state index in [4.69, 9.17) is 5.11 Å². The summed E-state index contributed by atoms with van der Waals surface area (Å²) in [6.07, 6.45) is 31.4. The number of carbonyl (C=O) groups is 1. The molecule has 0 bridgehead atoms. The zero-order chi connectivity index (χ0) is 26.9. The van der Waals surface area contributed by atoms with E-state index < -0.39 is 13.2 Å². The average molecular weight is 558 g/mol. The van der Waals surface area contributed by atoms with Gasteiger partial charge in [0.2, 0.25) is 0 Å². The number of hydrogen-bond donors (Lipinski definition) is 3. The normalized spacial score (nSPS) is 11.4. The number of rotatable bonds is 22. The fraction of sp³-hybridized carbons (Fsp3) is 0.781. The molecule has 5 heteroatoms. The smallest absolute Gasteiger partial charge is 0.336 e. The van der Waals surface area contributed by atoms with Gasteiger partial charge in [0.05, 0.1) is 5.56 Å². The van der Waals surface area contributed by atoms with E-state index in [0.29, 0.717) is 4.90 Å². The van der Waals surface area contributed by atoms with E-state index in [1.54, 1.807) is 36.7 Å². The Bertz CT molecular complexity index is 600. The van der Waals surface area contributed by atoms with Gasteiger partial charge in [-0.25, -0.2) is 4.79 Å². The van der Waals surface area contributed by atoms with Crippen LogP contribution in [0, 0.1) is 0 Å². The summed E-state index contributed by atoms with van der Waals surface area (Å²) in [5.41, 5.74) is 0.242. The summed E-state index contributed by atoms with van der Waals surface area (Å²) in [5, 5.41) is 8.52. The first kappa shape index (κ1) is 38.6. The molecule has 1 aromatic carbocycles. The molecule has 1 rings (SSSR count). The van der Waals surface area contributed by atoms with Crippen LogP contribution in [0.1, 0.15) is 147 Å². The molecule has 0 unspecified atom stereocenters. The molecule has 0 fully saturated rings. The number of hydrogen-bond acceptors (Lipinski definition) is 3. The molecule has 220 valence electrons. The topological polar surface area (TPSA) is 72.3 Å². The molecule has 0 saturated heterocycles. The Morgan fingerprint density at radius 1 is 0.649 bits per heavy atom. The molecule has 0 saturated carbocycles.